The molecular weight excluding hydrogens is 463 g/mol. The van der Waals surface area contributed by atoms with Crippen LogP contribution in [0.25, 0.3) is 0 Å². The molecule has 1 saturated heterocycles. The molecule has 6 nitrogen and oxygen atoms in total. The number of hydrogen-bond donors (Lipinski definition) is 1. The molecule has 186 valence electrons. The third-order valence-electron chi connectivity index (χ3n) is 6.32. The maximum Gasteiger partial charge on any atom is 0.226 e. The first-order valence-corrected chi connectivity index (χ1v) is 13.0. The number of nitrogens with zero attached hydrogens (tertiary/aromatic N) is 3. The summed E-state index contributed by atoms with van der Waals surface area (Å²) in [6.45, 7) is 11.2. The second-order valence-electron chi connectivity index (χ2n) is 8.92. The summed E-state index contributed by atoms with van der Waals surface area (Å²) in [6.07, 6.45) is 0.172. The SMILES string of the molecule is CCN1CCN(c2ccc(F)cc2[C@H](C)NC(=O)Cc2csc(COc3ccc(C)cc3)n2)CC1. The van der Waals surface area contributed by atoms with Crippen molar-refractivity contribution in [3.63, 3.8) is 0 Å². The maximum absolute atomic E-state index is 14.1. The average molecular weight is 497 g/mol. The highest BCUT2D eigenvalue weighted by Crippen LogP contribution is 2.28. The first kappa shape index (κ1) is 25.1. The predicted octanol–water partition coefficient (Wildman–Crippen LogP) is 4.73. The van der Waals surface area contributed by atoms with Crippen LogP contribution in [0.1, 0.15) is 41.7 Å². The summed E-state index contributed by atoms with van der Waals surface area (Å²) in [5.41, 5.74) is 3.67. The van der Waals surface area contributed by atoms with E-state index in [4.69, 9.17) is 4.74 Å². The molecule has 2 heterocycles. The van der Waals surface area contributed by atoms with Gasteiger partial charge in [-0.05, 0) is 50.7 Å². The van der Waals surface area contributed by atoms with Crippen molar-refractivity contribution in [1.29, 1.82) is 0 Å². The number of piperazine rings is 1. The van der Waals surface area contributed by atoms with Gasteiger partial charge in [-0.1, -0.05) is 24.6 Å². The molecule has 1 atom stereocenters. The zero-order chi connectivity index (χ0) is 24.8. The minimum Gasteiger partial charge on any atom is -0.486 e. The van der Waals surface area contributed by atoms with E-state index in [-0.39, 0.29) is 24.2 Å². The lowest BCUT2D eigenvalue weighted by Gasteiger charge is -2.37. The van der Waals surface area contributed by atoms with Gasteiger partial charge < -0.3 is 19.9 Å². The van der Waals surface area contributed by atoms with Crippen molar-refractivity contribution < 1.29 is 13.9 Å². The fraction of sp³-hybridized carbons (Fsp3) is 0.407. The number of anilines is 1. The Morgan fingerprint density at radius 2 is 1.91 bits per heavy atom. The number of thiazole rings is 1. The van der Waals surface area contributed by atoms with E-state index in [1.807, 2.05) is 49.6 Å². The van der Waals surface area contributed by atoms with Crippen LogP contribution in [0, 0.1) is 12.7 Å². The summed E-state index contributed by atoms with van der Waals surface area (Å²) in [5.74, 6) is 0.357. The molecule has 8 heteroatoms. The number of ether oxygens (including phenoxy) is 1. The molecule has 1 fully saturated rings. The lowest BCUT2D eigenvalue weighted by molar-refractivity contribution is -0.121. The third kappa shape index (κ3) is 6.80. The van der Waals surface area contributed by atoms with Gasteiger partial charge in [0.15, 0.2) is 0 Å². The lowest BCUT2D eigenvalue weighted by atomic mass is 10.0. The van der Waals surface area contributed by atoms with Crippen LogP contribution in [-0.4, -0.2) is 48.5 Å². The third-order valence-corrected chi connectivity index (χ3v) is 7.19. The van der Waals surface area contributed by atoms with Crippen molar-refractivity contribution in [1.82, 2.24) is 15.2 Å². The standard InChI is InChI=1S/C27H33FN4O2S/c1-4-31-11-13-32(14-12-31)25-10-7-21(28)15-24(25)20(3)29-26(33)16-22-18-35-27(30-22)17-34-23-8-5-19(2)6-9-23/h5-10,15,18,20H,4,11-14,16-17H2,1-3H3,(H,29,33)/t20-/m0/s1. The van der Waals surface area contributed by atoms with Gasteiger partial charge in [0.1, 0.15) is 23.2 Å². The van der Waals surface area contributed by atoms with Gasteiger partial charge in [-0.25, -0.2) is 9.37 Å². The minimum absolute atomic E-state index is 0.139. The van der Waals surface area contributed by atoms with Gasteiger partial charge in [-0.15, -0.1) is 11.3 Å². The number of carbonyl (C=O) groups excluding carboxylic acids is 1. The first-order chi connectivity index (χ1) is 16.9. The molecule has 35 heavy (non-hydrogen) atoms. The molecule has 0 aliphatic carbocycles. The summed E-state index contributed by atoms with van der Waals surface area (Å²) in [7, 11) is 0. The van der Waals surface area contributed by atoms with Gasteiger partial charge in [-0.3, -0.25) is 4.79 Å². The highest BCUT2D eigenvalue weighted by atomic mass is 32.1. The summed E-state index contributed by atoms with van der Waals surface area (Å²) in [6, 6.07) is 12.4. The minimum atomic E-state index is -0.319. The van der Waals surface area contributed by atoms with Crippen molar-refractivity contribution in [3.05, 3.63) is 75.5 Å². The van der Waals surface area contributed by atoms with Crippen LogP contribution < -0.4 is 15.0 Å². The molecule has 3 aromatic rings. The van der Waals surface area contributed by atoms with E-state index >= 15 is 0 Å². The Labute approximate surface area is 210 Å². The number of carbonyl (C=O) groups is 1. The Hall–Kier alpha value is -2.97. The average Bonchev–Trinajstić information content (AvgIpc) is 3.30. The van der Waals surface area contributed by atoms with Gasteiger partial charge in [0.2, 0.25) is 5.91 Å². The zero-order valence-corrected chi connectivity index (χ0v) is 21.4. The maximum atomic E-state index is 14.1. The van der Waals surface area contributed by atoms with Gasteiger partial charge in [0.25, 0.3) is 0 Å². The highest BCUT2D eigenvalue weighted by molar-refractivity contribution is 7.09. The predicted molar refractivity (Wildman–Crippen MR) is 139 cm³/mol. The van der Waals surface area contributed by atoms with Gasteiger partial charge >= 0.3 is 0 Å². The van der Waals surface area contributed by atoms with Crippen LogP contribution in [0.15, 0.2) is 47.8 Å². The van der Waals surface area contributed by atoms with Crippen molar-refractivity contribution in [2.24, 2.45) is 0 Å². The summed E-state index contributed by atoms with van der Waals surface area (Å²) >= 11 is 1.48. The number of rotatable bonds is 9. The Bertz CT molecular complexity index is 1130. The number of hydrogen-bond acceptors (Lipinski definition) is 6. The molecule has 1 aliphatic heterocycles. The van der Waals surface area contributed by atoms with Crippen LogP contribution in [0.2, 0.25) is 0 Å². The van der Waals surface area contributed by atoms with E-state index in [9.17, 15) is 9.18 Å². The molecule has 0 saturated carbocycles. The molecule has 0 unspecified atom stereocenters. The highest BCUT2D eigenvalue weighted by Gasteiger charge is 2.22. The van der Waals surface area contributed by atoms with Crippen molar-refractivity contribution in [3.8, 4) is 5.75 Å². The van der Waals surface area contributed by atoms with E-state index in [0.717, 1.165) is 54.7 Å². The van der Waals surface area contributed by atoms with Crippen LogP contribution in [0.5, 0.6) is 5.75 Å². The number of nitrogens with one attached hydrogen (secondary N) is 1. The molecule has 1 aromatic heterocycles. The molecule has 0 spiro atoms. The molecule has 4 rings (SSSR count). The monoisotopic (exact) mass is 496 g/mol. The van der Waals surface area contributed by atoms with Crippen LogP contribution in [0.3, 0.4) is 0 Å². The quantitative estimate of drug-likeness (QED) is 0.464. The van der Waals surface area contributed by atoms with E-state index in [2.05, 4.69) is 27.0 Å². The Balaban J connectivity index is 1.34. The fourth-order valence-electron chi connectivity index (χ4n) is 4.28. The number of halogens is 1. The number of aryl methyl sites for hydroxylation is 1. The van der Waals surface area contributed by atoms with Gasteiger partial charge in [0.05, 0.1) is 18.2 Å². The molecule has 1 N–H and O–H groups in total. The lowest BCUT2D eigenvalue weighted by Crippen LogP contribution is -2.46. The van der Waals surface area contributed by atoms with Crippen molar-refractivity contribution in [2.45, 2.75) is 39.8 Å². The number of benzene rings is 2. The van der Waals surface area contributed by atoms with Crippen molar-refractivity contribution >= 4 is 22.9 Å². The normalized spacial score (nSPS) is 15.1. The van der Waals surface area contributed by atoms with Crippen molar-refractivity contribution in [2.75, 3.05) is 37.6 Å². The Kier molecular flexibility index (Phi) is 8.36. The smallest absolute Gasteiger partial charge is 0.226 e. The largest absolute Gasteiger partial charge is 0.486 e. The van der Waals surface area contributed by atoms with E-state index < -0.39 is 0 Å². The number of likely N-dealkylation sites (N-methyl/N-ethyl adjacent to an activating group) is 1. The number of amides is 1. The van der Waals surface area contributed by atoms with Crippen LogP contribution >= 0.6 is 11.3 Å². The Morgan fingerprint density at radius 3 is 2.63 bits per heavy atom. The summed E-state index contributed by atoms with van der Waals surface area (Å²) < 4.78 is 19.9. The molecule has 0 radical (unpaired) electrons. The van der Waals surface area contributed by atoms with Gasteiger partial charge in [-0.2, -0.15) is 0 Å². The molecule has 1 aliphatic rings. The molecule has 1 amide bonds. The van der Waals surface area contributed by atoms with E-state index in [0.29, 0.717) is 12.3 Å². The first-order valence-electron chi connectivity index (χ1n) is 12.1. The van der Waals surface area contributed by atoms with E-state index in [1.54, 1.807) is 0 Å². The van der Waals surface area contributed by atoms with E-state index in [1.165, 1.54) is 29.0 Å². The number of aromatic nitrogens is 1. The topological polar surface area (TPSA) is 57.7 Å². The van der Waals surface area contributed by atoms with Crippen LogP contribution in [0.4, 0.5) is 10.1 Å². The second kappa shape index (κ2) is 11.6. The summed E-state index contributed by atoms with van der Waals surface area (Å²) in [5, 5.41) is 5.74. The second-order valence-corrected chi connectivity index (χ2v) is 9.87. The van der Waals surface area contributed by atoms with Gasteiger partial charge in [0, 0.05) is 42.8 Å². The zero-order valence-electron chi connectivity index (χ0n) is 20.6. The molecule has 0 bridgehead atoms. The summed E-state index contributed by atoms with van der Waals surface area (Å²) in [4.78, 5) is 22.0. The molecule has 2 aromatic carbocycles. The fourth-order valence-corrected chi connectivity index (χ4v) is 4.98. The van der Waals surface area contributed by atoms with Crippen LogP contribution in [-0.2, 0) is 17.8 Å². The molecular formula is C27H33FN4O2S. The Morgan fingerprint density at radius 1 is 1.17 bits per heavy atom.